The van der Waals surface area contributed by atoms with Crippen LogP contribution in [0.15, 0.2) is 131 Å². The fraction of sp³-hybridized carbons (Fsp3) is 0.348. The van der Waals surface area contributed by atoms with Crippen LogP contribution in [-0.2, 0) is 21.6 Å². The molecular formula is C46H55N4O9P. The van der Waals surface area contributed by atoms with Gasteiger partial charge in [-0.25, -0.2) is 0 Å². The van der Waals surface area contributed by atoms with Crippen molar-refractivity contribution in [3.8, 4) is 17.6 Å². The van der Waals surface area contributed by atoms with Crippen LogP contribution in [0.4, 0.5) is 0 Å². The molecular weight excluding hydrogens is 783 g/mol. The number of hydrogen-bond acceptors (Lipinski definition) is 11. The number of aromatic nitrogens is 2. The van der Waals surface area contributed by atoms with E-state index in [1.807, 2.05) is 107 Å². The first-order chi connectivity index (χ1) is 28.7. The normalized spacial score (nSPS) is 13.1. The van der Waals surface area contributed by atoms with Crippen molar-refractivity contribution in [2.24, 2.45) is 0 Å². The second-order valence-electron chi connectivity index (χ2n) is 15.2. The third-order valence-electron chi connectivity index (χ3n) is 10.5. The summed E-state index contributed by atoms with van der Waals surface area (Å²) in [6.45, 7) is 7.06. The van der Waals surface area contributed by atoms with Gasteiger partial charge in [-0.05, 0) is 0 Å². The molecule has 1 atom stereocenters. The molecule has 4 aromatic carbocycles. The van der Waals surface area contributed by atoms with Crippen molar-refractivity contribution in [2.75, 3.05) is 39.8 Å². The van der Waals surface area contributed by atoms with Gasteiger partial charge in [-0.2, -0.15) is 0 Å². The molecule has 5 aromatic rings. The average Bonchev–Trinajstić information content (AvgIpc) is 3.24. The quantitative estimate of drug-likeness (QED) is 0.0656. The number of hydrogen-bond donors (Lipinski definition) is 2. The first-order valence-corrected chi connectivity index (χ1v) is 22.3. The Balaban J connectivity index is 1.60. The van der Waals surface area contributed by atoms with Crippen LogP contribution in [-0.4, -0.2) is 87.4 Å². The molecule has 5 rings (SSSR count). The fourth-order valence-corrected chi connectivity index (χ4v) is 12.3. The average molecular weight is 839 g/mol. The number of benzene rings is 4. The van der Waals surface area contributed by atoms with Crippen LogP contribution in [0.1, 0.15) is 61.2 Å². The van der Waals surface area contributed by atoms with Crippen LogP contribution >= 0.6 is 7.21 Å². The molecule has 0 bridgehead atoms. The number of methoxy groups -OCH3 is 2. The first kappa shape index (κ1) is 45.6. The van der Waals surface area contributed by atoms with Gasteiger partial charge in [0.15, 0.2) is 0 Å². The Kier molecular flexibility index (Phi) is 15.0. The second-order valence-corrected chi connectivity index (χ2v) is 19.1. The standard InChI is InChI=1S/C46H55N4O9P/c1-34(2)50(35(3)4)60(54,55,31-13-27-47)33-42(58-30-29-48-28-26-43(51)49(45(48)53)44(52)36-14-9-7-10-15-36)32-59-46(37-16-11-8-12-17-37,38-18-22-40(56-5)23-19-38)39-20-24-41(57-6)25-21-39/h7-12,14-26,28,34-35,42,54-55H,13,29-33H2,1-6H3. The van der Waals surface area contributed by atoms with Gasteiger partial charge in [0.1, 0.15) is 0 Å². The van der Waals surface area contributed by atoms with E-state index in [-0.39, 0.29) is 56.2 Å². The van der Waals surface area contributed by atoms with Gasteiger partial charge in [0.05, 0.1) is 0 Å². The van der Waals surface area contributed by atoms with Gasteiger partial charge in [0.25, 0.3) is 0 Å². The molecule has 1 aromatic heterocycles. The summed E-state index contributed by atoms with van der Waals surface area (Å²) < 4.78 is 28.2. The summed E-state index contributed by atoms with van der Waals surface area (Å²) in [7, 11) is -1.78. The van der Waals surface area contributed by atoms with Crippen molar-refractivity contribution in [3.05, 3.63) is 165 Å². The number of nitrogens with zero attached hydrogens (tertiary/aromatic N) is 4. The van der Waals surface area contributed by atoms with Crippen molar-refractivity contribution >= 4 is 13.1 Å². The predicted octanol–water partition coefficient (Wildman–Crippen LogP) is 6.42. The molecule has 0 spiro atoms. The van der Waals surface area contributed by atoms with E-state index >= 15 is 0 Å². The Hall–Kier alpha value is -5.45. The van der Waals surface area contributed by atoms with Gasteiger partial charge in [0, 0.05) is 0 Å². The van der Waals surface area contributed by atoms with Crippen molar-refractivity contribution in [1.29, 1.82) is 5.26 Å². The van der Waals surface area contributed by atoms with Gasteiger partial charge in [-0.1, -0.05) is 6.07 Å². The number of rotatable bonds is 20. The van der Waals surface area contributed by atoms with Crippen molar-refractivity contribution in [2.45, 2.75) is 64.4 Å². The number of carbonyl (C=O) groups is 1. The number of nitriles is 1. The van der Waals surface area contributed by atoms with E-state index in [4.69, 9.17) is 18.9 Å². The van der Waals surface area contributed by atoms with Crippen LogP contribution < -0.4 is 20.7 Å². The first-order valence-electron chi connectivity index (χ1n) is 19.9. The Morgan fingerprint density at radius 2 is 1.30 bits per heavy atom. The molecule has 1 unspecified atom stereocenters. The Morgan fingerprint density at radius 3 is 1.80 bits per heavy atom. The maximum atomic E-state index is 13.6. The minimum absolute atomic E-state index is 0.0957. The summed E-state index contributed by atoms with van der Waals surface area (Å²) in [5.74, 6) is 0.516. The third kappa shape index (κ3) is 10.1. The number of carbonyl (C=O) groups excluding carboxylic acids is 1. The second kappa shape index (κ2) is 19.7. The van der Waals surface area contributed by atoms with Crippen molar-refractivity contribution in [3.63, 3.8) is 0 Å². The van der Waals surface area contributed by atoms with Gasteiger partial charge < -0.3 is 0 Å². The van der Waals surface area contributed by atoms with Gasteiger partial charge in [-0.15, -0.1) is 0 Å². The Morgan fingerprint density at radius 1 is 0.783 bits per heavy atom. The van der Waals surface area contributed by atoms with Gasteiger partial charge >= 0.3 is 346 Å². The van der Waals surface area contributed by atoms with Crippen molar-refractivity contribution in [1.82, 2.24) is 13.8 Å². The Labute approximate surface area is 351 Å². The maximum absolute atomic E-state index is 13.6. The van der Waals surface area contributed by atoms with E-state index < -0.39 is 36.1 Å². The molecule has 0 aliphatic carbocycles. The molecule has 13 nitrogen and oxygen atoms in total. The summed E-state index contributed by atoms with van der Waals surface area (Å²) in [5, 5.41) is 9.72. The van der Waals surface area contributed by atoms with Gasteiger partial charge in [-0.3, -0.25) is 0 Å². The fourth-order valence-electron chi connectivity index (χ4n) is 8.01. The minimum atomic E-state index is -4.96. The summed E-state index contributed by atoms with van der Waals surface area (Å²) in [4.78, 5) is 65.2. The zero-order valence-electron chi connectivity index (χ0n) is 35.0. The molecule has 2 N–H and O–H groups in total. The molecule has 0 saturated heterocycles. The molecule has 0 amide bonds. The van der Waals surface area contributed by atoms with Crippen LogP contribution in [0.2, 0.25) is 0 Å². The molecule has 0 aliphatic heterocycles. The van der Waals surface area contributed by atoms with E-state index in [0.29, 0.717) is 16.1 Å². The molecule has 0 aliphatic rings. The van der Waals surface area contributed by atoms with E-state index in [1.165, 1.54) is 22.9 Å². The van der Waals surface area contributed by atoms with Crippen LogP contribution in [0.3, 0.4) is 0 Å². The zero-order valence-corrected chi connectivity index (χ0v) is 35.9. The monoisotopic (exact) mass is 838 g/mol. The number of ether oxygens (including phenoxy) is 4. The molecule has 14 heteroatoms. The molecule has 0 saturated carbocycles. The molecule has 318 valence electrons. The van der Waals surface area contributed by atoms with Crippen LogP contribution in [0.25, 0.3) is 0 Å². The van der Waals surface area contributed by atoms with Crippen molar-refractivity contribution < 1.29 is 33.5 Å². The molecule has 1 heterocycles. The van der Waals surface area contributed by atoms with E-state index in [0.717, 1.165) is 22.8 Å². The molecule has 60 heavy (non-hydrogen) atoms. The summed E-state index contributed by atoms with van der Waals surface area (Å²) >= 11 is 0. The zero-order chi connectivity index (χ0) is 43.5. The van der Waals surface area contributed by atoms with E-state index in [9.17, 15) is 29.4 Å². The van der Waals surface area contributed by atoms with Crippen LogP contribution in [0, 0.1) is 11.3 Å². The molecule has 0 radical (unpaired) electrons. The topological polar surface area (TPSA) is 165 Å². The summed E-state index contributed by atoms with van der Waals surface area (Å²) in [6.07, 6.45) is -0.353. The van der Waals surface area contributed by atoms with Gasteiger partial charge in [0.2, 0.25) is 0 Å². The van der Waals surface area contributed by atoms with E-state index in [2.05, 4.69) is 6.07 Å². The summed E-state index contributed by atoms with van der Waals surface area (Å²) in [6, 6.07) is 35.3. The van der Waals surface area contributed by atoms with Crippen LogP contribution in [0.5, 0.6) is 11.5 Å². The third-order valence-corrected chi connectivity index (χ3v) is 14.8. The Bertz CT molecular complexity index is 2290. The molecule has 0 fully saturated rings. The SMILES string of the molecule is COc1ccc(C(OCC(CP(O)(O)(CCC#N)N(C(C)C)C(C)C)OCCn2ccc(=O)n(C(=O)c3ccccc3)c2=O)(c2ccccc2)c2ccc(OC)cc2)cc1. The predicted molar refractivity (Wildman–Crippen MR) is 233 cm³/mol. The summed E-state index contributed by atoms with van der Waals surface area (Å²) in [5.41, 5.74) is -0.462. The van der Waals surface area contributed by atoms with E-state index in [1.54, 1.807) is 37.1 Å².